The lowest BCUT2D eigenvalue weighted by Gasteiger charge is -2.41. The van der Waals surface area contributed by atoms with E-state index < -0.39 is 0 Å². The smallest absolute Gasteiger partial charge is 0.0599 e. The van der Waals surface area contributed by atoms with Gasteiger partial charge in [0.1, 0.15) is 0 Å². The third-order valence-corrected chi connectivity index (χ3v) is 4.19. The highest BCUT2D eigenvalue weighted by Crippen LogP contribution is 2.23. The van der Waals surface area contributed by atoms with Crippen LogP contribution < -0.4 is 5.32 Å². The first-order valence-corrected chi connectivity index (χ1v) is 7.30. The molecular weight excluding hydrogens is 212 g/mol. The standard InChI is InChI=1S/C14H28N2O/c1-12(2)13-10-16(11-13)8-3-9-17-14-4-6-15-7-5-14/h12-15H,3-11H2,1-2H3. The van der Waals surface area contributed by atoms with Crippen molar-refractivity contribution in [2.24, 2.45) is 11.8 Å². The minimum Gasteiger partial charge on any atom is -0.378 e. The second-order valence-electron chi connectivity index (χ2n) is 5.94. The first-order chi connectivity index (χ1) is 8.25. The molecule has 2 aliphatic heterocycles. The van der Waals surface area contributed by atoms with Crippen molar-refractivity contribution >= 4 is 0 Å². The molecule has 2 fully saturated rings. The van der Waals surface area contributed by atoms with E-state index in [1.165, 1.54) is 38.9 Å². The lowest BCUT2D eigenvalue weighted by Crippen LogP contribution is -2.49. The van der Waals surface area contributed by atoms with Crippen LogP contribution in [0, 0.1) is 11.8 Å². The van der Waals surface area contributed by atoms with Crippen LogP contribution in [0.2, 0.25) is 0 Å². The third-order valence-electron chi connectivity index (χ3n) is 4.19. The average molecular weight is 240 g/mol. The van der Waals surface area contributed by atoms with Gasteiger partial charge in [-0.05, 0) is 44.2 Å². The molecule has 2 saturated heterocycles. The zero-order chi connectivity index (χ0) is 12.1. The van der Waals surface area contributed by atoms with Gasteiger partial charge in [0.2, 0.25) is 0 Å². The molecule has 0 amide bonds. The topological polar surface area (TPSA) is 24.5 Å². The molecular formula is C14H28N2O. The van der Waals surface area contributed by atoms with E-state index in [0.717, 1.165) is 31.5 Å². The number of hydrogen-bond acceptors (Lipinski definition) is 3. The third kappa shape index (κ3) is 4.23. The van der Waals surface area contributed by atoms with Crippen LogP contribution in [-0.4, -0.2) is 50.3 Å². The molecule has 0 aromatic carbocycles. The lowest BCUT2D eigenvalue weighted by molar-refractivity contribution is 0.0149. The SMILES string of the molecule is CC(C)C1CN(CCCOC2CCNCC2)C1. The first-order valence-electron chi connectivity index (χ1n) is 7.30. The maximum atomic E-state index is 5.91. The minimum atomic E-state index is 0.524. The summed E-state index contributed by atoms with van der Waals surface area (Å²) in [6, 6.07) is 0. The van der Waals surface area contributed by atoms with Crippen LogP contribution in [0.4, 0.5) is 0 Å². The van der Waals surface area contributed by atoms with Crippen LogP contribution in [0.15, 0.2) is 0 Å². The van der Waals surface area contributed by atoms with Crippen LogP contribution in [0.3, 0.4) is 0 Å². The van der Waals surface area contributed by atoms with Crippen LogP contribution in [-0.2, 0) is 4.74 Å². The molecule has 2 heterocycles. The summed E-state index contributed by atoms with van der Waals surface area (Å²) in [6.07, 6.45) is 4.11. The van der Waals surface area contributed by atoms with Crippen molar-refractivity contribution in [3.8, 4) is 0 Å². The number of nitrogens with one attached hydrogen (secondary N) is 1. The normalized spacial score (nSPS) is 24.2. The predicted molar refractivity (Wildman–Crippen MR) is 71.2 cm³/mol. The lowest BCUT2D eigenvalue weighted by atomic mass is 9.88. The van der Waals surface area contributed by atoms with E-state index in [2.05, 4.69) is 24.1 Å². The van der Waals surface area contributed by atoms with Crippen molar-refractivity contribution in [1.29, 1.82) is 0 Å². The van der Waals surface area contributed by atoms with Gasteiger partial charge >= 0.3 is 0 Å². The quantitative estimate of drug-likeness (QED) is 0.716. The van der Waals surface area contributed by atoms with Gasteiger partial charge in [-0.1, -0.05) is 13.8 Å². The summed E-state index contributed by atoms with van der Waals surface area (Å²) >= 11 is 0. The van der Waals surface area contributed by atoms with E-state index in [1.54, 1.807) is 0 Å². The van der Waals surface area contributed by atoms with Gasteiger partial charge in [-0.25, -0.2) is 0 Å². The van der Waals surface area contributed by atoms with E-state index >= 15 is 0 Å². The largest absolute Gasteiger partial charge is 0.378 e. The molecule has 0 radical (unpaired) electrons. The Morgan fingerprint density at radius 1 is 1.24 bits per heavy atom. The molecule has 17 heavy (non-hydrogen) atoms. The highest BCUT2D eigenvalue weighted by atomic mass is 16.5. The summed E-state index contributed by atoms with van der Waals surface area (Å²) in [4.78, 5) is 2.57. The average Bonchev–Trinajstić information content (AvgIpc) is 2.27. The molecule has 0 aromatic heterocycles. The highest BCUT2D eigenvalue weighted by molar-refractivity contribution is 4.81. The number of nitrogens with zero attached hydrogens (tertiary/aromatic N) is 1. The van der Waals surface area contributed by atoms with E-state index in [0.29, 0.717) is 6.10 Å². The fraction of sp³-hybridized carbons (Fsp3) is 1.00. The van der Waals surface area contributed by atoms with Crippen molar-refractivity contribution in [2.45, 2.75) is 39.2 Å². The van der Waals surface area contributed by atoms with Crippen LogP contribution >= 0.6 is 0 Å². The molecule has 0 aliphatic carbocycles. The van der Waals surface area contributed by atoms with Crippen molar-refractivity contribution < 1.29 is 4.74 Å². The van der Waals surface area contributed by atoms with Crippen molar-refractivity contribution in [3.63, 3.8) is 0 Å². The predicted octanol–water partition coefficient (Wildman–Crippen LogP) is 1.73. The zero-order valence-corrected chi connectivity index (χ0v) is 11.5. The fourth-order valence-corrected chi connectivity index (χ4v) is 2.71. The number of ether oxygens (including phenoxy) is 1. The Morgan fingerprint density at radius 3 is 2.59 bits per heavy atom. The number of piperidine rings is 1. The summed E-state index contributed by atoms with van der Waals surface area (Å²) < 4.78 is 5.91. The van der Waals surface area contributed by atoms with Crippen molar-refractivity contribution in [2.75, 3.05) is 39.3 Å². The van der Waals surface area contributed by atoms with Gasteiger partial charge in [0.15, 0.2) is 0 Å². The van der Waals surface area contributed by atoms with Gasteiger partial charge in [-0.2, -0.15) is 0 Å². The minimum absolute atomic E-state index is 0.524. The molecule has 1 N–H and O–H groups in total. The maximum absolute atomic E-state index is 5.91. The van der Waals surface area contributed by atoms with E-state index in [9.17, 15) is 0 Å². The Bertz CT molecular complexity index is 208. The van der Waals surface area contributed by atoms with Gasteiger partial charge in [-0.15, -0.1) is 0 Å². The maximum Gasteiger partial charge on any atom is 0.0599 e. The molecule has 0 saturated carbocycles. The number of hydrogen-bond donors (Lipinski definition) is 1. The molecule has 0 spiro atoms. The van der Waals surface area contributed by atoms with Crippen LogP contribution in [0.25, 0.3) is 0 Å². The Balaban J connectivity index is 1.44. The molecule has 0 aromatic rings. The van der Waals surface area contributed by atoms with E-state index in [4.69, 9.17) is 4.74 Å². The molecule has 0 unspecified atom stereocenters. The van der Waals surface area contributed by atoms with Gasteiger partial charge < -0.3 is 15.0 Å². The van der Waals surface area contributed by atoms with Gasteiger partial charge in [0, 0.05) is 26.2 Å². The van der Waals surface area contributed by atoms with Crippen LogP contribution in [0.5, 0.6) is 0 Å². The summed E-state index contributed by atoms with van der Waals surface area (Å²) in [7, 11) is 0. The zero-order valence-electron chi connectivity index (χ0n) is 11.5. The molecule has 3 nitrogen and oxygen atoms in total. The molecule has 0 bridgehead atoms. The second-order valence-corrected chi connectivity index (χ2v) is 5.94. The Morgan fingerprint density at radius 2 is 1.94 bits per heavy atom. The fourth-order valence-electron chi connectivity index (χ4n) is 2.71. The first kappa shape index (κ1) is 13.3. The van der Waals surface area contributed by atoms with Crippen molar-refractivity contribution in [3.05, 3.63) is 0 Å². The number of likely N-dealkylation sites (tertiary alicyclic amines) is 1. The molecule has 0 atom stereocenters. The summed E-state index contributed by atoms with van der Waals surface area (Å²) in [5.74, 6) is 1.80. The highest BCUT2D eigenvalue weighted by Gasteiger charge is 2.28. The van der Waals surface area contributed by atoms with Gasteiger partial charge in [0.05, 0.1) is 6.10 Å². The number of rotatable bonds is 6. The molecule has 2 aliphatic rings. The summed E-state index contributed by atoms with van der Waals surface area (Å²) in [5, 5.41) is 3.37. The molecule has 2 rings (SSSR count). The monoisotopic (exact) mass is 240 g/mol. The summed E-state index contributed by atoms with van der Waals surface area (Å²) in [5.41, 5.74) is 0. The molecule has 100 valence electrons. The Labute approximate surface area is 106 Å². The molecule has 3 heteroatoms. The van der Waals surface area contributed by atoms with E-state index in [-0.39, 0.29) is 0 Å². The van der Waals surface area contributed by atoms with E-state index in [1.807, 2.05) is 0 Å². The Kier molecular flexibility index (Phi) is 5.26. The Hall–Kier alpha value is -0.120. The van der Waals surface area contributed by atoms with Gasteiger partial charge in [0.25, 0.3) is 0 Å². The van der Waals surface area contributed by atoms with Gasteiger partial charge in [-0.3, -0.25) is 0 Å². The van der Waals surface area contributed by atoms with Crippen LogP contribution in [0.1, 0.15) is 33.1 Å². The second kappa shape index (κ2) is 6.72. The summed E-state index contributed by atoms with van der Waals surface area (Å²) in [6.45, 7) is 11.7. The van der Waals surface area contributed by atoms with Crippen molar-refractivity contribution in [1.82, 2.24) is 10.2 Å².